The number of fused-ring (bicyclic) bond motifs is 1. The third-order valence-corrected chi connectivity index (χ3v) is 6.31. The first-order valence-electron chi connectivity index (χ1n) is 9.57. The number of nitrogen functional groups attached to an aromatic ring is 1. The van der Waals surface area contributed by atoms with Crippen LogP contribution in [0.4, 0.5) is 5.69 Å². The third-order valence-electron chi connectivity index (χ3n) is 4.49. The van der Waals surface area contributed by atoms with Gasteiger partial charge in [-0.15, -0.1) is 11.3 Å². The van der Waals surface area contributed by atoms with Crippen LogP contribution in [0, 0.1) is 0 Å². The summed E-state index contributed by atoms with van der Waals surface area (Å²) < 4.78 is 6.53. The maximum atomic E-state index is 12.9. The van der Waals surface area contributed by atoms with E-state index in [2.05, 4.69) is 10.3 Å². The maximum absolute atomic E-state index is 12.9. The van der Waals surface area contributed by atoms with Crippen LogP contribution in [0.15, 0.2) is 69.9 Å². The summed E-state index contributed by atoms with van der Waals surface area (Å²) in [5.41, 5.74) is 1.99. The van der Waals surface area contributed by atoms with Gasteiger partial charge in [-0.25, -0.2) is 9.66 Å². The number of thiophene rings is 1. The molecular formula is C22H20N4O3S2. The van der Waals surface area contributed by atoms with Gasteiger partial charge < -0.3 is 15.9 Å². The minimum atomic E-state index is -0.338. The van der Waals surface area contributed by atoms with Crippen molar-refractivity contribution in [2.45, 2.75) is 12.1 Å². The Morgan fingerprint density at radius 2 is 1.94 bits per heavy atom. The molecule has 158 valence electrons. The van der Waals surface area contributed by atoms with Crippen molar-refractivity contribution in [2.24, 2.45) is 0 Å². The number of carbonyl (C=O) groups is 1. The Balaban J connectivity index is 1.54. The molecule has 2 heterocycles. The molecule has 3 N–H and O–H groups in total. The molecule has 0 saturated heterocycles. The predicted octanol–water partition coefficient (Wildman–Crippen LogP) is 3.97. The Morgan fingerprint density at radius 3 is 2.71 bits per heavy atom. The first-order valence-corrected chi connectivity index (χ1v) is 11.4. The third kappa shape index (κ3) is 4.42. The molecule has 0 atom stereocenters. The highest BCUT2D eigenvalue weighted by molar-refractivity contribution is 7.99. The lowest BCUT2D eigenvalue weighted by Gasteiger charge is -2.11. The van der Waals surface area contributed by atoms with Crippen LogP contribution in [0.5, 0.6) is 5.75 Å². The molecule has 0 radical (unpaired) electrons. The molecule has 7 nitrogen and oxygen atoms in total. The Hall–Kier alpha value is -3.30. The zero-order chi connectivity index (χ0) is 21.8. The normalized spacial score (nSPS) is 10.9. The second kappa shape index (κ2) is 9.23. The summed E-state index contributed by atoms with van der Waals surface area (Å²) in [5, 5.41) is 5.50. The lowest BCUT2D eigenvalue weighted by molar-refractivity contribution is -0.113. The molecule has 0 bridgehead atoms. The highest BCUT2D eigenvalue weighted by Gasteiger charge is 2.17. The number of ether oxygens (including phenoxy) is 1. The Kier molecular flexibility index (Phi) is 6.24. The smallest absolute Gasteiger partial charge is 0.282 e. The molecule has 4 rings (SSSR count). The van der Waals surface area contributed by atoms with E-state index < -0.39 is 0 Å². The molecule has 4 aromatic rings. The van der Waals surface area contributed by atoms with Crippen LogP contribution < -0.4 is 21.5 Å². The topological polar surface area (TPSA) is 99.2 Å². The molecule has 2 aromatic carbocycles. The molecule has 0 aliphatic carbocycles. The summed E-state index contributed by atoms with van der Waals surface area (Å²) in [5.74, 6) is 6.43. The van der Waals surface area contributed by atoms with Crippen molar-refractivity contribution in [2.75, 3.05) is 23.5 Å². The number of hydrogen-bond acceptors (Lipinski definition) is 7. The van der Waals surface area contributed by atoms with E-state index in [9.17, 15) is 9.59 Å². The number of thioether (sulfide) groups is 1. The van der Waals surface area contributed by atoms with E-state index in [1.165, 1.54) is 11.3 Å². The molecule has 0 aliphatic heterocycles. The first-order chi connectivity index (χ1) is 15.1. The van der Waals surface area contributed by atoms with Gasteiger partial charge in [-0.2, -0.15) is 0 Å². The van der Waals surface area contributed by atoms with Gasteiger partial charge in [-0.1, -0.05) is 54.2 Å². The van der Waals surface area contributed by atoms with E-state index in [1.807, 2.05) is 54.8 Å². The van der Waals surface area contributed by atoms with Gasteiger partial charge in [0, 0.05) is 10.9 Å². The van der Waals surface area contributed by atoms with E-state index in [-0.39, 0.29) is 22.4 Å². The number of anilines is 1. The minimum Gasteiger partial charge on any atom is -0.492 e. The van der Waals surface area contributed by atoms with Crippen molar-refractivity contribution in [3.8, 4) is 16.9 Å². The number of amides is 1. The molecule has 0 saturated carbocycles. The number of nitrogens with two attached hydrogens (primary N) is 1. The van der Waals surface area contributed by atoms with E-state index in [0.717, 1.165) is 27.6 Å². The first kappa shape index (κ1) is 21.0. The lowest BCUT2D eigenvalue weighted by atomic mass is 10.1. The van der Waals surface area contributed by atoms with E-state index in [4.69, 9.17) is 10.6 Å². The monoisotopic (exact) mass is 452 g/mol. The van der Waals surface area contributed by atoms with Crippen LogP contribution in [0.1, 0.15) is 6.92 Å². The van der Waals surface area contributed by atoms with E-state index in [1.54, 1.807) is 12.1 Å². The van der Waals surface area contributed by atoms with Gasteiger partial charge in [0.25, 0.3) is 5.56 Å². The highest BCUT2D eigenvalue weighted by atomic mass is 32.2. The summed E-state index contributed by atoms with van der Waals surface area (Å²) in [4.78, 5) is 30.5. The standard InChI is InChI=1S/C22H20N4O3S2/c1-2-29-17-11-7-6-10-16(17)24-18(27)13-31-22-25-20-19(21(28)26(22)23)15(12-30-20)14-8-4-3-5-9-14/h3-12H,2,13,23H2,1H3,(H,24,27). The van der Waals surface area contributed by atoms with Gasteiger partial charge in [0.2, 0.25) is 5.91 Å². The number of aromatic nitrogens is 2. The second-order valence-electron chi connectivity index (χ2n) is 6.53. The van der Waals surface area contributed by atoms with Crippen molar-refractivity contribution < 1.29 is 9.53 Å². The maximum Gasteiger partial charge on any atom is 0.282 e. The summed E-state index contributed by atoms with van der Waals surface area (Å²) >= 11 is 2.49. The summed E-state index contributed by atoms with van der Waals surface area (Å²) in [6, 6.07) is 16.9. The van der Waals surface area contributed by atoms with Gasteiger partial charge in [-0.3, -0.25) is 9.59 Å². The Labute approximate surface area is 186 Å². The number of para-hydroxylation sites is 2. The molecule has 9 heteroatoms. The molecule has 31 heavy (non-hydrogen) atoms. The quantitative estimate of drug-likeness (QED) is 0.250. The van der Waals surface area contributed by atoms with Crippen molar-refractivity contribution in [3.05, 3.63) is 70.3 Å². The van der Waals surface area contributed by atoms with Crippen LogP contribution in [0.3, 0.4) is 0 Å². The van der Waals surface area contributed by atoms with Gasteiger partial charge in [0.1, 0.15) is 10.6 Å². The summed E-state index contributed by atoms with van der Waals surface area (Å²) in [6.45, 7) is 2.38. The van der Waals surface area contributed by atoms with Gasteiger partial charge in [0.15, 0.2) is 5.16 Å². The molecule has 0 spiro atoms. The number of rotatable bonds is 7. The number of carbonyl (C=O) groups excluding carboxylic acids is 1. The van der Waals surface area contributed by atoms with Crippen LogP contribution in [-0.4, -0.2) is 27.9 Å². The average Bonchev–Trinajstić information content (AvgIpc) is 3.21. The lowest BCUT2D eigenvalue weighted by Crippen LogP contribution is -2.30. The largest absolute Gasteiger partial charge is 0.492 e. The van der Waals surface area contributed by atoms with Crippen molar-refractivity contribution in [1.29, 1.82) is 0 Å². The molecule has 1 amide bonds. The van der Waals surface area contributed by atoms with Gasteiger partial charge in [0.05, 0.1) is 23.4 Å². The molecular weight excluding hydrogens is 432 g/mol. The van der Waals surface area contributed by atoms with Crippen LogP contribution in [0.2, 0.25) is 0 Å². The predicted molar refractivity (Wildman–Crippen MR) is 126 cm³/mol. The summed E-state index contributed by atoms with van der Waals surface area (Å²) in [6.07, 6.45) is 0. The molecule has 0 unspecified atom stereocenters. The van der Waals surface area contributed by atoms with Crippen molar-refractivity contribution in [1.82, 2.24) is 9.66 Å². The van der Waals surface area contributed by atoms with Gasteiger partial charge in [-0.05, 0) is 24.6 Å². The van der Waals surface area contributed by atoms with Crippen LogP contribution in [-0.2, 0) is 4.79 Å². The zero-order valence-electron chi connectivity index (χ0n) is 16.7. The van der Waals surface area contributed by atoms with Crippen molar-refractivity contribution in [3.63, 3.8) is 0 Å². The number of nitrogens with one attached hydrogen (secondary N) is 1. The van der Waals surface area contributed by atoms with Crippen molar-refractivity contribution >= 4 is 44.9 Å². The molecule has 0 aliphatic rings. The fraction of sp³-hybridized carbons (Fsp3) is 0.136. The fourth-order valence-electron chi connectivity index (χ4n) is 3.08. The van der Waals surface area contributed by atoms with E-state index in [0.29, 0.717) is 28.3 Å². The van der Waals surface area contributed by atoms with Crippen LogP contribution in [0.25, 0.3) is 21.3 Å². The zero-order valence-corrected chi connectivity index (χ0v) is 18.3. The van der Waals surface area contributed by atoms with Gasteiger partial charge >= 0.3 is 0 Å². The number of benzene rings is 2. The van der Waals surface area contributed by atoms with E-state index >= 15 is 0 Å². The molecule has 0 fully saturated rings. The second-order valence-corrected chi connectivity index (χ2v) is 8.33. The molecule has 2 aromatic heterocycles. The minimum absolute atomic E-state index is 0.0481. The number of hydrogen-bond donors (Lipinski definition) is 2. The highest BCUT2D eigenvalue weighted by Crippen LogP contribution is 2.31. The Morgan fingerprint density at radius 1 is 1.19 bits per heavy atom. The average molecular weight is 453 g/mol. The number of nitrogens with zero attached hydrogens (tertiary/aromatic N) is 2. The van der Waals surface area contributed by atoms with Crippen LogP contribution >= 0.6 is 23.1 Å². The Bertz CT molecular complexity index is 1290. The SMILES string of the molecule is CCOc1ccccc1NC(=O)CSc1nc2scc(-c3ccccc3)c2c(=O)n1N. The fourth-order valence-corrected chi connectivity index (χ4v) is 4.79. The summed E-state index contributed by atoms with van der Waals surface area (Å²) in [7, 11) is 0.